The van der Waals surface area contributed by atoms with Gasteiger partial charge in [0.1, 0.15) is 16.9 Å². The summed E-state index contributed by atoms with van der Waals surface area (Å²) in [5, 5.41) is 0. The van der Waals surface area contributed by atoms with E-state index in [-0.39, 0.29) is 11.5 Å². The summed E-state index contributed by atoms with van der Waals surface area (Å²) in [4.78, 5) is 29.9. The molecule has 5 heteroatoms. The van der Waals surface area contributed by atoms with E-state index in [2.05, 4.69) is 14.7 Å². The molecule has 0 aliphatic carbocycles. The normalized spacial score (nSPS) is 10.9. The standard InChI is InChI=1S/C10H12N2O3/c1-10(2,9(14)15-3)8-11-5-4-7(6-13)12-8/h4-6H,1-3H3. The molecule has 80 valence electrons. The highest BCUT2D eigenvalue weighted by Gasteiger charge is 2.34. The van der Waals surface area contributed by atoms with E-state index >= 15 is 0 Å². The van der Waals surface area contributed by atoms with Gasteiger partial charge in [-0.05, 0) is 19.9 Å². The smallest absolute Gasteiger partial charge is 0.318 e. The lowest BCUT2D eigenvalue weighted by atomic mass is 9.92. The van der Waals surface area contributed by atoms with Gasteiger partial charge in [0.2, 0.25) is 0 Å². The van der Waals surface area contributed by atoms with Crippen molar-refractivity contribution in [3.8, 4) is 0 Å². The second-order valence-electron chi connectivity index (χ2n) is 3.54. The number of nitrogens with zero attached hydrogens (tertiary/aromatic N) is 2. The topological polar surface area (TPSA) is 69.2 Å². The predicted molar refractivity (Wildman–Crippen MR) is 52.5 cm³/mol. The van der Waals surface area contributed by atoms with Gasteiger partial charge in [0.15, 0.2) is 6.29 Å². The van der Waals surface area contributed by atoms with Crippen molar-refractivity contribution in [2.75, 3.05) is 7.11 Å². The molecule has 0 N–H and O–H groups in total. The highest BCUT2D eigenvalue weighted by molar-refractivity contribution is 5.81. The molecule has 15 heavy (non-hydrogen) atoms. The summed E-state index contributed by atoms with van der Waals surface area (Å²) >= 11 is 0. The molecule has 1 heterocycles. The number of ether oxygens (including phenoxy) is 1. The van der Waals surface area contributed by atoms with E-state index in [0.717, 1.165) is 0 Å². The Morgan fingerprint density at radius 2 is 2.20 bits per heavy atom. The Hall–Kier alpha value is -1.78. The van der Waals surface area contributed by atoms with E-state index in [1.54, 1.807) is 13.8 Å². The molecule has 0 fully saturated rings. The lowest BCUT2D eigenvalue weighted by Crippen LogP contribution is -2.32. The van der Waals surface area contributed by atoms with Crippen LogP contribution >= 0.6 is 0 Å². The first kappa shape index (κ1) is 11.3. The van der Waals surface area contributed by atoms with Crippen LogP contribution in [-0.2, 0) is 14.9 Å². The fourth-order valence-corrected chi connectivity index (χ4v) is 1.09. The molecule has 0 saturated heterocycles. The van der Waals surface area contributed by atoms with Crippen molar-refractivity contribution in [1.29, 1.82) is 0 Å². The quantitative estimate of drug-likeness (QED) is 0.541. The fraction of sp³-hybridized carbons (Fsp3) is 0.400. The Bertz CT molecular complexity index is 388. The van der Waals surface area contributed by atoms with Crippen LogP contribution < -0.4 is 0 Å². The maximum atomic E-state index is 11.4. The predicted octanol–water partition coefficient (Wildman–Crippen LogP) is 0.740. The van der Waals surface area contributed by atoms with E-state index < -0.39 is 11.4 Å². The molecule has 0 bridgehead atoms. The van der Waals surface area contributed by atoms with Crippen molar-refractivity contribution in [1.82, 2.24) is 9.97 Å². The third-order valence-corrected chi connectivity index (χ3v) is 2.05. The third-order valence-electron chi connectivity index (χ3n) is 2.05. The first-order chi connectivity index (χ1) is 7.02. The Morgan fingerprint density at radius 1 is 1.53 bits per heavy atom. The van der Waals surface area contributed by atoms with E-state index in [9.17, 15) is 9.59 Å². The summed E-state index contributed by atoms with van der Waals surface area (Å²) in [6.07, 6.45) is 2.05. The molecule has 1 rings (SSSR count). The highest BCUT2D eigenvalue weighted by atomic mass is 16.5. The van der Waals surface area contributed by atoms with Gasteiger partial charge in [0, 0.05) is 6.20 Å². The van der Waals surface area contributed by atoms with Crippen LogP contribution in [0.4, 0.5) is 0 Å². The number of hydrogen-bond acceptors (Lipinski definition) is 5. The molecule has 0 aromatic carbocycles. The number of carbonyl (C=O) groups excluding carboxylic acids is 2. The summed E-state index contributed by atoms with van der Waals surface area (Å²) in [7, 11) is 1.30. The van der Waals surface area contributed by atoms with Crippen molar-refractivity contribution in [2.24, 2.45) is 0 Å². The molecule has 0 unspecified atom stereocenters. The number of esters is 1. The molecule has 5 nitrogen and oxygen atoms in total. The molecular formula is C10H12N2O3. The maximum Gasteiger partial charge on any atom is 0.318 e. The maximum absolute atomic E-state index is 11.4. The molecule has 0 amide bonds. The van der Waals surface area contributed by atoms with Gasteiger partial charge >= 0.3 is 5.97 Å². The second kappa shape index (κ2) is 4.16. The van der Waals surface area contributed by atoms with Crippen molar-refractivity contribution < 1.29 is 14.3 Å². The number of hydrogen-bond donors (Lipinski definition) is 0. The summed E-state index contributed by atoms with van der Waals surface area (Å²) in [5.74, 6) is -0.163. The van der Waals surface area contributed by atoms with Crippen LogP contribution in [0.15, 0.2) is 12.3 Å². The van der Waals surface area contributed by atoms with E-state index in [1.165, 1.54) is 19.4 Å². The van der Waals surface area contributed by atoms with Crippen molar-refractivity contribution in [3.05, 3.63) is 23.8 Å². The minimum absolute atomic E-state index is 0.247. The summed E-state index contributed by atoms with van der Waals surface area (Å²) in [5.41, 5.74) is -0.703. The van der Waals surface area contributed by atoms with Crippen molar-refractivity contribution in [3.63, 3.8) is 0 Å². The second-order valence-corrected chi connectivity index (χ2v) is 3.54. The molecule has 0 atom stereocenters. The number of aromatic nitrogens is 2. The van der Waals surface area contributed by atoms with E-state index in [1.807, 2.05) is 0 Å². The molecule has 0 spiro atoms. The van der Waals surface area contributed by atoms with Crippen LogP contribution in [0.5, 0.6) is 0 Å². The molecular weight excluding hydrogens is 196 g/mol. The average molecular weight is 208 g/mol. The SMILES string of the molecule is COC(=O)C(C)(C)c1nccc(C=O)n1. The van der Waals surface area contributed by atoms with Gasteiger partial charge in [-0.2, -0.15) is 0 Å². The first-order valence-electron chi connectivity index (χ1n) is 4.39. The summed E-state index contributed by atoms with van der Waals surface area (Å²) < 4.78 is 4.64. The highest BCUT2D eigenvalue weighted by Crippen LogP contribution is 2.20. The number of carbonyl (C=O) groups is 2. The molecule has 0 saturated carbocycles. The molecule has 1 aromatic rings. The first-order valence-corrected chi connectivity index (χ1v) is 4.39. The van der Waals surface area contributed by atoms with Gasteiger partial charge in [-0.15, -0.1) is 0 Å². The minimum atomic E-state index is -0.951. The van der Waals surface area contributed by atoms with Gasteiger partial charge in [-0.25, -0.2) is 9.97 Å². The Morgan fingerprint density at radius 3 is 2.73 bits per heavy atom. The molecule has 1 aromatic heterocycles. The van der Waals surface area contributed by atoms with E-state index in [0.29, 0.717) is 6.29 Å². The zero-order chi connectivity index (χ0) is 11.5. The third kappa shape index (κ3) is 2.18. The Labute approximate surface area is 87.5 Å². The van der Waals surface area contributed by atoms with Gasteiger partial charge in [0.05, 0.1) is 7.11 Å². The van der Waals surface area contributed by atoms with Crippen LogP contribution in [0.2, 0.25) is 0 Å². The fourth-order valence-electron chi connectivity index (χ4n) is 1.09. The van der Waals surface area contributed by atoms with Gasteiger partial charge in [-0.3, -0.25) is 9.59 Å². The summed E-state index contributed by atoms with van der Waals surface area (Å²) in [6, 6.07) is 1.48. The zero-order valence-corrected chi connectivity index (χ0v) is 8.85. The minimum Gasteiger partial charge on any atom is -0.468 e. The Kier molecular flexibility index (Phi) is 3.14. The lowest BCUT2D eigenvalue weighted by Gasteiger charge is -2.19. The number of aldehydes is 1. The van der Waals surface area contributed by atoms with Crippen LogP contribution in [0, 0.1) is 0 Å². The van der Waals surface area contributed by atoms with Gasteiger partial charge in [-0.1, -0.05) is 0 Å². The monoisotopic (exact) mass is 208 g/mol. The number of rotatable bonds is 3. The van der Waals surface area contributed by atoms with E-state index in [4.69, 9.17) is 0 Å². The largest absolute Gasteiger partial charge is 0.468 e. The molecule has 0 aliphatic rings. The number of methoxy groups -OCH3 is 1. The van der Waals surface area contributed by atoms with Gasteiger partial charge in [0.25, 0.3) is 0 Å². The molecule has 0 radical (unpaired) electrons. The van der Waals surface area contributed by atoms with Crippen LogP contribution in [-0.4, -0.2) is 29.3 Å². The van der Waals surface area contributed by atoms with Crippen LogP contribution in [0.3, 0.4) is 0 Å². The van der Waals surface area contributed by atoms with Crippen LogP contribution in [0.1, 0.15) is 30.2 Å². The summed E-state index contributed by atoms with van der Waals surface area (Å²) in [6.45, 7) is 3.28. The van der Waals surface area contributed by atoms with Crippen LogP contribution in [0.25, 0.3) is 0 Å². The average Bonchev–Trinajstić information content (AvgIpc) is 2.27. The zero-order valence-electron chi connectivity index (χ0n) is 8.85. The molecule has 0 aliphatic heterocycles. The van der Waals surface area contributed by atoms with Crippen molar-refractivity contribution in [2.45, 2.75) is 19.3 Å². The Balaban J connectivity index is 3.14. The van der Waals surface area contributed by atoms with Crippen molar-refractivity contribution >= 4 is 12.3 Å². The van der Waals surface area contributed by atoms with Gasteiger partial charge < -0.3 is 4.74 Å². The lowest BCUT2D eigenvalue weighted by molar-refractivity contribution is -0.146.